The topological polar surface area (TPSA) is 70.8 Å². The first-order valence-electron chi connectivity index (χ1n) is 10.4. The number of benzene rings is 2. The average molecular weight is 528 g/mol. The van der Waals surface area contributed by atoms with E-state index < -0.39 is 0 Å². The maximum atomic E-state index is 14.1. The number of carbonyl (C=O) groups is 1. The third-order valence-electron chi connectivity index (χ3n) is 5.55. The van der Waals surface area contributed by atoms with Gasteiger partial charge in [0.2, 0.25) is 4.96 Å². The second-order valence-corrected chi connectivity index (χ2v) is 9.53. The number of fused-ring (bicyclic) bond motifs is 1. The standard InChI is InChI=1S/C23H19BrFN5O2S/c24-18-7-3-1-5-16(18)22(32)29-11-9-28(10-12-29)14-15-13-20(31)30-23(26-15)33-21(27-30)17-6-2-4-8-19(17)25/h1-8,13H,9-12,14H2. The molecule has 0 atom stereocenters. The van der Waals surface area contributed by atoms with Crippen molar-refractivity contribution in [3.05, 3.63) is 86.5 Å². The van der Waals surface area contributed by atoms with Crippen LogP contribution in [0.3, 0.4) is 0 Å². The Morgan fingerprint density at radius 2 is 1.79 bits per heavy atom. The molecule has 0 spiro atoms. The summed E-state index contributed by atoms with van der Waals surface area (Å²) in [6.45, 7) is 3.05. The first-order valence-corrected chi connectivity index (χ1v) is 12.0. The highest BCUT2D eigenvalue weighted by Crippen LogP contribution is 2.26. The van der Waals surface area contributed by atoms with Crippen LogP contribution in [0.4, 0.5) is 4.39 Å². The van der Waals surface area contributed by atoms with E-state index >= 15 is 0 Å². The van der Waals surface area contributed by atoms with Gasteiger partial charge in [-0.2, -0.15) is 9.61 Å². The Hall–Kier alpha value is -2.95. The number of piperazine rings is 1. The molecule has 5 rings (SSSR count). The molecule has 33 heavy (non-hydrogen) atoms. The van der Waals surface area contributed by atoms with Gasteiger partial charge in [-0.05, 0) is 40.2 Å². The van der Waals surface area contributed by atoms with Crippen molar-refractivity contribution in [2.45, 2.75) is 6.54 Å². The van der Waals surface area contributed by atoms with Crippen molar-refractivity contribution >= 4 is 38.1 Å². The van der Waals surface area contributed by atoms with Crippen LogP contribution in [0.15, 0.2) is 63.9 Å². The number of halogens is 2. The van der Waals surface area contributed by atoms with Crippen LogP contribution in [0, 0.1) is 5.82 Å². The molecule has 0 radical (unpaired) electrons. The molecule has 0 saturated carbocycles. The number of amides is 1. The Morgan fingerprint density at radius 3 is 2.55 bits per heavy atom. The van der Waals surface area contributed by atoms with E-state index in [1.54, 1.807) is 18.2 Å². The molecular formula is C23H19BrFN5O2S. The fourth-order valence-electron chi connectivity index (χ4n) is 3.82. The van der Waals surface area contributed by atoms with Crippen LogP contribution in [-0.4, -0.2) is 56.5 Å². The summed E-state index contributed by atoms with van der Waals surface area (Å²) in [6, 6.07) is 15.2. The van der Waals surface area contributed by atoms with Crippen molar-refractivity contribution in [1.82, 2.24) is 24.4 Å². The van der Waals surface area contributed by atoms with E-state index in [0.717, 1.165) is 4.47 Å². The summed E-state index contributed by atoms with van der Waals surface area (Å²) < 4.78 is 16.1. The van der Waals surface area contributed by atoms with E-state index in [9.17, 15) is 14.0 Å². The SMILES string of the molecule is O=C(c1ccccc1Br)N1CCN(Cc2cc(=O)n3nc(-c4ccccc4F)sc3n2)CC1. The fraction of sp³-hybridized carbons (Fsp3) is 0.217. The highest BCUT2D eigenvalue weighted by atomic mass is 79.9. The van der Waals surface area contributed by atoms with Crippen molar-refractivity contribution in [3.8, 4) is 10.6 Å². The Labute approximate surface area is 201 Å². The van der Waals surface area contributed by atoms with Gasteiger partial charge in [-0.3, -0.25) is 14.5 Å². The predicted octanol–water partition coefficient (Wildman–Crippen LogP) is 3.68. The first kappa shape index (κ1) is 21.9. The minimum Gasteiger partial charge on any atom is -0.336 e. The Balaban J connectivity index is 1.29. The van der Waals surface area contributed by atoms with Crippen LogP contribution < -0.4 is 5.56 Å². The maximum absolute atomic E-state index is 14.1. The zero-order valence-corrected chi connectivity index (χ0v) is 19.9. The van der Waals surface area contributed by atoms with Crippen LogP contribution in [0.5, 0.6) is 0 Å². The largest absolute Gasteiger partial charge is 0.336 e. The monoisotopic (exact) mass is 527 g/mol. The van der Waals surface area contributed by atoms with Gasteiger partial charge >= 0.3 is 0 Å². The first-order chi connectivity index (χ1) is 16.0. The molecule has 3 heterocycles. The van der Waals surface area contributed by atoms with Gasteiger partial charge in [-0.1, -0.05) is 35.6 Å². The van der Waals surface area contributed by atoms with Gasteiger partial charge in [0.1, 0.15) is 5.82 Å². The van der Waals surface area contributed by atoms with E-state index in [-0.39, 0.29) is 17.3 Å². The number of hydrogen-bond donors (Lipinski definition) is 0. The van der Waals surface area contributed by atoms with Crippen molar-refractivity contribution in [2.75, 3.05) is 26.2 Å². The predicted molar refractivity (Wildman–Crippen MR) is 128 cm³/mol. The van der Waals surface area contributed by atoms with Gasteiger partial charge in [0.25, 0.3) is 11.5 Å². The molecule has 1 amide bonds. The summed E-state index contributed by atoms with van der Waals surface area (Å²) in [6.07, 6.45) is 0. The molecule has 2 aromatic heterocycles. The molecule has 10 heteroatoms. The summed E-state index contributed by atoms with van der Waals surface area (Å²) in [5, 5.41) is 4.67. The summed E-state index contributed by atoms with van der Waals surface area (Å²) in [5.74, 6) is -0.384. The molecule has 1 saturated heterocycles. The Bertz CT molecular complexity index is 1400. The minimum atomic E-state index is -0.389. The van der Waals surface area contributed by atoms with Gasteiger partial charge in [-0.25, -0.2) is 9.37 Å². The molecule has 0 unspecified atom stereocenters. The average Bonchev–Trinajstić information content (AvgIpc) is 3.24. The maximum Gasteiger partial charge on any atom is 0.275 e. The summed E-state index contributed by atoms with van der Waals surface area (Å²) in [5.41, 5.74) is 1.34. The van der Waals surface area contributed by atoms with Crippen LogP contribution in [0.2, 0.25) is 0 Å². The van der Waals surface area contributed by atoms with E-state index in [2.05, 4.69) is 30.9 Å². The highest BCUT2D eigenvalue weighted by Gasteiger charge is 2.24. The molecular weight excluding hydrogens is 509 g/mol. The van der Waals surface area contributed by atoms with Crippen LogP contribution in [-0.2, 0) is 6.54 Å². The molecule has 4 aromatic rings. The van der Waals surface area contributed by atoms with Gasteiger partial charge in [0.05, 0.1) is 11.3 Å². The molecule has 1 fully saturated rings. The minimum absolute atomic E-state index is 0.00486. The fourth-order valence-corrected chi connectivity index (χ4v) is 5.23. The lowest BCUT2D eigenvalue weighted by atomic mass is 10.2. The normalized spacial score (nSPS) is 14.7. The molecule has 0 aliphatic carbocycles. The molecule has 7 nitrogen and oxygen atoms in total. The Kier molecular flexibility index (Phi) is 6.05. The lowest BCUT2D eigenvalue weighted by Gasteiger charge is -2.34. The molecule has 1 aliphatic rings. The van der Waals surface area contributed by atoms with Gasteiger partial charge in [0.15, 0.2) is 5.01 Å². The number of carbonyl (C=O) groups excluding carboxylic acids is 1. The van der Waals surface area contributed by atoms with Crippen molar-refractivity contribution in [1.29, 1.82) is 0 Å². The zero-order chi connectivity index (χ0) is 22.9. The number of aromatic nitrogens is 3. The van der Waals surface area contributed by atoms with Crippen molar-refractivity contribution < 1.29 is 9.18 Å². The van der Waals surface area contributed by atoms with E-state index in [0.29, 0.717) is 59.5 Å². The van der Waals surface area contributed by atoms with Gasteiger partial charge in [0, 0.05) is 48.8 Å². The second kappa shape index (κ2) is 9.12. The van der Waals surface area contributed by atoms with E-state index in [1.165, 1.54) is 28.0 Å². The Morgan fingerprint density at radius 1 is 1.06 bits per heavy atom. The van der Waals surface area contributed by atoms with Gasteiger partial charge in [-0.15, -0.1) is 0 Å². The molecule has 1 aliphatic heterocycles. The lowest BCUT2D eigenvalue weighted by molar-refractivity contribution is 0.0626. The molecule has 2 aromatic carbocycles. The number of rotatable bonds is 4. The molecule has 0 bridgehead atoms. The number of nitrogens with zero attached hydrogens (tertiary/aromatic N) is 5. The lowest BCUT2D eigenvalue weighted by Crippen LogP contribution is -2.48. The quantitative estimate of drug-likeness (QED) is 0.405. The number of hydrogen-bond acceptors (Lipinski definition) is 6. The highest BCUT2D eigenvalue weighted by molar-refractivity contribution is 9.10. The van der Waals surface area contributed by atoms with Gasteiger partial charge < -0.3 is 4.90 Å². The third-order valence-corrected chi connectivity index (χ3v) is 7.18. The van der Waals surface area contributed by atoms with Crippen molar-refractivity contribution in [3.63, 3.8) is 0 Å². The summed E-state index contributed by atoms with van der Waals surface area (Å²) >= 11 is 4.63. The van der Waals surface area contributed by atoms with Crippen LogP contribution >= 0.6 is 27.3 Å². The molecule has 168 valence electrons. The second-order valence-electron chi connectivity index (χ2n) is 7.72. The summed E-state index contributed by atoms with van der Waals surface area (Å²) in [7, 11) is 0. The van der Waals surface area contributed by atoms with Crippen LogP contribution in [0.25, 0.3) is 15.5 Å². The zero-order valence-electron chi connectivity index (χ0n) is 17.4. The van der Waals surface area contributed by atoms with Crippen LogP contribution in [0.1, 0.15) is 16.1 Å². The summed E-state index contributed by atoms with van der Waals surface area (Å²) in [4.78, 5) is 34.4. The smallest absolute Gasteiger partial charge is 0.275 e. The van der Waals surface area contributed by atoms with E-state index in [4.69, 9.17) is 0 Å². The van der Waals surface area contributed by atoms with E-state index in [1.807, 2.05) is 29.2 Å². The van der Waals surface area contributed by atoms with Crippen molar-refractivity contribution in [2.24, 2.45) is 0 Å². The third kappa shape index (κ3) is 4.46. The molecule has 0 N–H and O–H groups in total.